The lowest BCUT2D eigenvalue weighted by molar-refractivity contribution is 0.0465. The summed E-state index contributed by atoms with van der Waals surface area (Å²) in [6, 6.07) is 18.4. The predicted molar refractivity (Wildman–Crippen MR) is 84.1 cm³/mol. The Morgan fingerprint density at radius 3 is 2.68 bits per heavy atom. The molecule has 0 saturated carbocycles. The molecule has 3 aromatic rings. The molecule has 5 heteroatoms. The van der Waals surface area contributed by atoms with Crippen LogP contribution in [0.4, 0.5) is 0 Å². The summed E-state index contributed by atoms with van der Waals surface area (Å²) in [5.41, 5.74) is 1.98. The van der Waals surface area contributed by atoms with Gasteiger partial charge in [-0.3, -0.25) is 0 Å². The van der Waals surface area contributed by atoms with Crippen molar-refractivity contribution < 1.29 is 9.53 Å². The minimum Gasteiger partial charge on any atom is -0.456 e. The number of carbonyl (C=O) groups excluding carboxylic acids is 1. The molecule has 3 rings (SSSR count). The fraction of sp³-hybridized carbons (Fsp3) is 0.0588. The van der Waals surface area contributed by atoms with E-state index in [1.54, 1.807) is 29.1 Å². The van der Waals surface area contributed by atoms with Gasteiger partial charge in [0, 0.05) is 11.2 Å². The molecule has 0 saturated heterocycles. The molecular formula is C17H13ClN2O2. The van der Waals surface area contributed by atoms with Crippen LogP contribution < -0.4 is 0 Å². The van der Waals surface area contributed by atoms with Crippen LogP contribution >= 0.6 is 11.6 Å². The Kier molecular flexibility index (Phi) is 4.21. The number of nitrogens with zero attached hydrogens (tertiary/aromatic N) is 2. The zero-order valence-electron chi connectivity index (χ0n) is 11.6. The minimum absolute atomic E-state index is 0.226. The maximum atomic E-state index is 12.0. The summed E-state index contributed by atoms with van der Waals surface area (Å²) in [5, 5.41) is 4.83. The average Bonchev–Trinajstić information content (AvgIpc) is 3.04. The van der Waals surface area contributed by atoms with Gasteiger partial charge in [-0.05, 0) is 29.8 Å². The first-order chi connectivity index (χ1) is 10.7. The number of hydrogen-bond donors (Lipinski definition) is 0. The highest BCUT2D eigenvalue weighted by Gasteiger charge is 2.12. The summed E-state index contributed by atoms with van der Waals surface area (Å²) in [5.74, 6) is -0.454. The molecule has 0 atom stereocenters. The number of carbonyl (C=O) groups is 1. The van der Waals surface area contributed by atoms with Crippen molar-refractivity contribution in [1.82, 2.24) is 9.78 Å². The Morgan fingerprint density at radius 2 is 1.91 bits per heavy atom. The van der Waals surface area contributed by atoms with Crippen molar-refractivity contribution in [2.75, 3.05) is 0 Å². The molecule has 0 aliphatic heterocycles. The second kappa shape index (κ2) is 6.45. The Hall–Kier alpha value is -2.59. The van der Waals surface area contributed by atoms with Gasteiger partial charge in [-0.25, -0.2) is 9.48 Å². The van der Waals surface area contributed by atoms with Crippen molar-refractivity contribution in [2.24, 2.45) is 0 Å². The number of benzene rings is 2. The van der Waals surface area contributed by atoms with E-state index in [4.69, 9.17) is 16.3 Å². The van der Waals surface area contributed by atoms with Crippen molar-refractivity contribution >= 4 is 17.6 Å². The number of hydrogen-bond acceptors (Lipinski definition) is 3. The molecule has 0 aliphatic rings. The smallest absolute Gasteiger partial charge is 0.359 e. The van der Waals surface area contributed by atoms with Gasteiger partial charge in [0.25, 0.3) is 0 Å². The van der Waals surface area contributed by atoms with Gasteiger partial charge in [0.05, 0.1) is 5.69 Å². The molecule has 0 N–H and O–H groups in total. The summed E-state index contributed by atoms with van der Waals surface area (Å²) in [7, 11) is 0. The molecule has 0 unspecified atom stereocenters. The monoisotopic (exact) mass is 312 g/mol. The molecule has 1 heterocycles. The molecule has 22 heavy (non-hydrogen) atoms. The number of esters is 1. The van der Waals surface area contributed by atoms with E-state index in [0.29, 0.717) is 5.02 Å². The summed E-state index contributed by atoms with van der Waals surface area (Å²) in [4.78, 5) is 12.0. The van der Waals surface area contributed by atoms with Gasteiger partial charge < -0.3 is 4.74 Å². The van der Waals surface area contributed by atoms with E-state index in [0.717, 1.165) is 11.3 Å². The van der Waals surface area contributed by atoms with Crippen LogP contribution in [-0.2, 0) is 11.3 Å². The lowest BCUT2D eigenvalue weighted by atomic mass is 10.2. The number of aromatic nitrogens is 2. The van der Waals surface area contributed by atoms with Gasteiger partial charge in [-0.2, -0.15) is 5.10 Å². The quantitative estimate of drug-likeness (QED) is 0.687. The molecule has 4 nitrogen and oxygen atoms in total. The minimum atomic E-state index is -0.454. The summed E-state index contributed by atoms with van der Waals surface area (Å²) < 4.78 is 6.83. The first kappa shape index (κ1) is 14.4. The molecule has 0 aliphatic carbocycles. The van der Waals surface area contributed by atoms with E-state index in [1.807, 2.05) is 42.5 Å². The molecule has 0 amide bonds. The molecule has 110 valence electrons. The lowest BCUT2D eigenvalue weighted by Gasteiger charge is -2.03. The van der Waals surface area contributed by atoms with Crippen LogP contribution in [0.1, 0.15) is 16.1 Å². The molecule has 0 bridgehead atoms. The summed E-state index contributed by atoms with van der Waals surface area (Å²) in [6.07, 6.45) is 1.70. The van der Waals surface area contributed by atoms with Gasteiger partial charge in [0.1, 0.15) is 6.61 Å². The maximum Gasteiger partial charge on any atom is 0.359 e. The molecule has 0 radical (unpaired) electrons. The molecule has 0 fully saturated rings. The van der Waals surface area contributed by atoms with E-state index in [9.17, 15) is 4.79 Å². The second-order valence-corrected chi connectivity index (χ2v) is 5.12. The van der Waals surface area contributed by atoms with Gasteiger partial charge in [0.2, 0.25) is 0 Å². The van der Waals surface area contributed by atoms with Gasteiger partial charge >= 0.3 is 5.97 Å². The number of halogens is 1. The second-order valence-electron chi connectivity index (χ2n) is 4.69. The van der Waals surface area contributed by atoms with E-state index in [1.165, 1.54) is 0 Å². The van der Waals surface area contributed by atoms with Crippen molar-refractivity contribution in [1.29, 1.82) is 0 Å². The van der Waals surface area contributed by atoms with E-state index in [2.05, 4.69) is 5.10 Å². The molecular weight excluding hydrogens is 300 g/mol. The summed E-state index contributed by atoms with van der Waals surface area (Å²) >= 11 is 5.95. The standard InChI is InChI=1S/C17H13ClN2O2/c18-14-7-4-8-15(11-14)20-10-9-16(19-20)17(21)22-12-13-5-2-1-3-6-13/h1-11H,12H2. The first-order valence-corrected chi connectivity index (χ1v) is 7.13. The lowest BCUT2D eigenvalue weighted by Crippen LogP contribution is -2.07. The van der Waals surface area contributed by atoms with Crippen molar-refractivity contribution in [3.05, 3.63) is 83.1 Å². The van der Waals surface area contributed by atoms with Crippen LogP contribution in [-0.4, -0.2) is 15.7 Å². The van der Waals surface area contributed by atoms with Crippen molar-refractivity contribution in [2.45, 2.75) is 6.61 Å². The van der Waals surface area contributed by atoms with Crippen LogP contribution in [0.15, 0.2) is 66.9 Å². The zero-order chi connectivity index (χ0) is 15.4. The Labute approximate surface area is 132 Å². The van der Waals surface area contributed by atoms with E-state index < -0.39 is 5.97 Å². The van der Waals surface area contributed by atoms with Gasteiger partial charge in [-0.15, -0.1) is 0 Å². The maximum absolute atomic E-state index is 12.0. The van der Waals surface area contributed by atoms with E-state index >= 15 is 0 Å². The third-order valence-electron chi connectivity index (χ3n) is 3.08. The van der Waals surface area contributed by atoms with E-state index in [-0.39, 0.29) is 12.3 Å². The van der Waals surface area contributed by atoms with Gasteiger partial charge in [-0.1, -0.05) is 48.0 Å². The highest BCUT2D eigenvalue weighted by Crippen LogP contribution is 2.14. The average molecular weight is 313 g/mol. The molecule has 1 aromatic heterocycles. The first-order valence-electron chi connectivity index (χ1n) is 6.75. The molecule has 0 spiro atoms. The Bertz CT molecular complexity index is 784. The third-order valence-corrected chi connectivity index (χ3v) is 3.32. The predicted octanol–water partition coefficient (Wildman–Crippen LogP) is 3.88. The highest BCUT2D eigenvalue weighted by atomic mass is 35.5. The zero-order valence-corrected chi connectivity index (χ0v) is 12.4. The van der Waals surface area contributed by atoms with Crippen LogP contribution in [0.2, 0.25) is 5.02 Å². The Balaban J connectivity index is 1.69. The van der Waals surface area contributed by atoms with Crippen LogP contribution in [0, 0.1) is 0 Å². The van der Waals surface area contributed by atoms with Crippen LogP contribution in [0.25, 0.3) is 5.69 Å². The molecule has 2 aromatic carbocycles. The third kappa shape index (κ3) is 3.35. The number of rotatable bonds is 4. The van der Waals surface area contributed by atoms with Gasteiger partial charge in [0.15, 0.2) is 5.69 Å². The van der Waals surface area contributed by atoms with Crippen LogP contribution in [0.5, 0.6) is 0 Å². The number of ether oxygens (including phenoxy) is 1. The largest absolute Gasteiger partial charge is 0.456 e. The van der Waals surface area contributed by atoms with Crippen LogP contribution in [0.3, 0.4) is 0 Å². The fourth-order valence-corrected chi connectivity index (χ4v) is 2.18. The highest BCUT2D eigenvalue weighted by molar-refractivity contribution is 6.30. The fourth-order valence-electron chi connectivity index (χ4n) is 1.99. The summed E-state index contributed by atoms with van der Waals surface area (Å²) in [6.45, 7) is 0.226. The Morgan fingerprint density at radius 1 is 1.09 bits per heavy atom. The SMILES string of the molecule is O=C(OCc1ccccc1)c1ccn(-c2cccc(Cl)c2)n1. The van der Waals surface area contributed by atoms with Crippen molar-refractivity contribution in [3.63, 3.8) is 0 Å². The normalized spacial score (nSPS) is 10.4. The van der Waals surface area contributed by atoms with Crippen molar-refractivity contribution in [3.8, 4) is 5.69 Å². The topological polar surface area (TPSA) is 44.1 Å².